The van der Waals surface area contributed by atoms with Gasteiger partial charge in [-0.05, 0) is 6.42 Å². The summed E-state index contributed by atoms with van der Waals surface area (Å²) in [6.07, 6.45) is 3.17. The largest absolute Gasteiger partial charge is 0.365 e. The average Bonchev–Trinajstić information content (AvgIpc) is 2.90. The smallest absolute Gasteiger partial charge is 0.239 e. The molecule has 20 heavy (non-hydrogen) atoms. The van der Waals surface area contributed by atoms with E-state index in [1.807, 2.05) is 19.0 Å². The minimum Gasteiger partial charge on any atom is -0.365 e. The van der Waals surface area contributed by atoms with E-state index in [0.717, 1.165) is 49.7 Å². The van der Waals surface area contributed by atoms with Gasteiger partial charge in [0.15, 0.2) is 5.13 Å². The molecule has 0 aromatic carbocycles. The van der Waals surface area contributed by atoms with Gasteiger partial charge in [-0.25, -0.2) is 4.98 Å². The van der Waals surface area contributed by atoms with Crippen LogP contribution in [0.15, 0.2) is 5.38 Å². The number of aromatic nitrogens is 1. The number of carbonyl (C=O) groups is 1. The van der Waals surface area contributed by atoms with Crippen LogP contribution in [0, 0.1) is 0 Å². The van der Waals surface area contributed by atoms with Crippen LogP contribution in [0.5, 0.6) is 0 Å². The quantitative estimate of drug-likeness (QED) is 0.872. The molecule has 2 heterocycles. The average molecular weight is 296 g/mol. The fraction of sp³-hybridized carbons (Fsp3) is 0.714. The standard InChI is InChI=1S/C14H24N4OS/c1-4-5-6-12-13(19)17(3)7-8-18(12)9-11-10-20-14(15-2)16-11/h10,12H,4-9H2,1-3H3,(H,15,16)/t12-/m1/s1. The van der Waals surface area contributed by atoms with Gasteiger partial charge in [-0.15, -0.1) is 11.3 Å². The lowest BCUT2D eigenvalue weighted by Crippen LogP contribution is -2.55. The van der Waals surface area contributed by atoms with E-state index in [1.54, 1.807) is 11.3 Å². The van der Waals surface area contributed by atoms with Gasteiger partial charge in [0.1, 0.15) is 0 Å². The third-order valence-electron chi connectivity index (χ3n) is 3.79. The van der Waals surface area contributed by atoms with Gasteiger partial charge in [0.05, 0.1) is 11.7 Å². The zero-order chi connectivity index (χ0) is 14.5. The third kappa shape index (κ3) is 3.49. The summed E-state index contributed by atoms with van der Waals surface area (Å²) in [5, 5.41) is 6.07. The number of hydrogen-bond donors (Lipinski definition) is 1. The second kappa shape index (κ2) is 7.04. The molecule has 0 saturated carbocycles. The highest BCUT2D eigenvalue weighted by atomic mass is 32.1. The van der Waals surface area contributed by atoms with Crippen molar-refractivity contribution in [2.45, 2.75) is 38.8 Å². The topological polar surface area (TPSA) is 48.5 Å². The van der Waals surface area contributed by atoms with Crippen molar-refractivity contribution in [3.05, 3.63) is 11.1 Å². The summed E-state index contributed by atoms with van der Waals surface area (Å²) in [5.74, 6) is 0.258. The van der Waals surface area contributed by atoms with E-state index in [4.69, 9.17) is 0 Å². The van der Waals surface area contributed by atoms with E-state index < -0.39 is 0 Å². The third-order valence-corrected chi connectivity index (χ3v) is 4.70. The highest BCUT2D eigenvalue weighted by molar-refractivity contribution is 7.13. The van der Waals surface area contributed by atoms with Gasteiger partial charge in [0.2, 0.25) is 5.91 Å². The highest BCUT2D eigenvalue weighted by Crippen LogP contribution is 2.21. The number of unbranched alkanes of at least 4 members (excludes halogenated alkanes) is 1. The van der Waals surface area contributed by atoms with Crippen LogP contribution < -0.4 is 5.32 Å². The molecule has 0 spiro atoms. The van der Waals surface area contributed by atoms with Crippen molar-refractivity contribution in [3.63, 3.8) is 0 Å². The van der Waals surface area contributed by atoms with E-state index in [9.17, 15) is 4.79 Å². The summed E-state index contributed by atoms with van der Waals surface area (Å²) in [5.41, 5.74) is 1.05. The van der Waals surface area contributed by atoms with Gasteiger partial charge < -0.3 is 10.2 Å². The van der Waals surface area contributed by atoms with Crippen LogP contribution in [0.25, 0.3) is 0 Å². The number of hydrogen-bond acceptors (Lipinski definition) is 5. The van der Waals surface area contributed by atoms with Crippen LogP contribution in [0.3, 0.4) is 0 Å². The number of carbonyl (C=O) groups excluding carboxylic acids is 1. The Morgan fingerprint density at radius 1 is 1.50 bits per heavy atom. The lowest BCUT2D eigenvalue weighted by molar-refractivity contribution is -0.140. The van der Waals surface area contributed by atoms with Gasteiger partial charge in [0.25, 0.3) is 0 Å². The SMILES string of the molecule is CCCC[C@@H]1C(=O)N(C)CCN1Cc1csc(NC)n1. The molecule has 1 aromatic heterocycles. The molecule has 6 heteroatoms. The molecule has 1 aliphatic rings. The molecule has 0 radical (unpaired) electrons. The predicted octanol–water partition coefficient (Wildman–Crippen LogP) is 2.02. The van der Waals surface area contributed by atoms with Crippen LogP contribution in [0.1, 0.15) is 31.9 Å². The van der Waals surface area contributed by atoms with Gasteiger partial charge in [-0.3, -0.25) is 9.69 Å². The molecule has 0 unspecified atom stereocenters. The number of anilines is 1. The number of thiazole rings is 1. The Morgan fingerprint density at radius 3 is 2.95 bits per heavy atom. The summed E-state index contributed by atoms with van der Waals surface area (Å²) >= 11 is 1.61. The number of rotatable bonds is 6. The van der Waals surface area contributed by atoms with Crippen molar-refractivity contribution in [1.82, 2.24) is 14.8 Å². The molecule has 5 nitrogen and oxygen atoms in total. The van der Waals surface area contributed by atoms with E-state index in [-0.39, 0.29) is 11.9 Å². The van der Waals surface area contributed by atoms with E-state index >= 15 is 0 Å². The highest BCUT2D eigenvalue weighted by Gasteiger charge is 2.32. The van der Waals surface area contributed by atoms with Crippen LogP contribution in [-0.2, 0) is 11.3 Å². The molecule has 1 aliphatic heterocycles. The van der Waals surface area contributed by atoms with E-state index in [1.165, 1.54) is 0 Å². The molecule has 112 valence electrons. The maximum atomic E-state index is 12.3. The summed E-state index contributed by atoms with van der Waals surface area (Å²) in [6, 6.07) is 0.0217. The van der Waals surface area contributed by atoms with Crippen LogP contribution in [0.2, 0.25) is 0 Å². The maximum Gasteiger partial charge on any atom is 0.239 e. The molecule has 1 N–H and O–H groups in total. The Bertz CT molecular complexity index is 448. The lowest BCUT2D eigenvalue weighted by atomic mass is 10.0. The number of piperazine rings is 1. The normalized spacial score (nSPS) is 20.4. The zero-order valence-electron chi connectivity index (χ0n) is 12.6. The summed E-state index contributed by atoms with van der Waals surface area (Å²) in [4.78, 5) is 21.0. The van der Waals surface area contributed by atoms with Gasteiger partial charge in [-0.1, -0.05) is 19.8 Å². The molecule has 2 rings (SSSR count). The minimum atomic E-state index is 0.0217. The number of nitrogens with zero attached hydrogens (tertiary/aromatic N) is 3. The van der Waals surface area contributed by atoms with Crippen molar-refractivity contribution in [3.8, 4) is 0 Å². The van der Waals surface area contributed by atoms with E-state index in [2.05, 4.69) is 27.5 Å². The minimum absolute atomic E-state index is 0.0217. The van der Waals surface area contributed by atoms with Crippen molar-refractivity contribution in [2.75, 3.05) is 32.5 Å². The first-order valence-electron chi connectivity index (χ1n) is 7.27. The molecule has 0 aliphatic carbocycles. The Balaban J connectivity index is 2.04. The van der Waals surface area contributed by atoms with E-state index in [0.29, 0.717) is 0 Å². The molecule has 1 saturated heterocycles. The molecular formula is C14H24N4OS. The Morgan fingerprint density at radius 2 is 2.30 bits per heavy atom. The van der Waals surface area contributed by atoms with Gasteiger partial charge in [0, 0.05) is 39.1 Å². The van der Waals surface area contributed by atoms with Crippen molar-refractivity contribution < 1.29 is 4.79 Å². The molecular weight excluding hydrogens is 272 g/mol. The number of likely N-dealkylation sites (N-methyl/N-ethyl adjacent to an activating group) is 1. The second-order valence-electron chi connectivity index (χ2n) is 5.28. The maximum absolute atomic E-state index is 12.3. The molecule has 1 atom stereocenters. The monoisotopic (exact) mass is 296 g/mol. The first kappa shape index (κ1) is 15.3. The van der Waals surface area contributed by atoms with Crippen molar-refractivity contribution in [1.29, 1.82) is 0 Å². The number of nitrogens with one attached hydrogen (secondary N) is 1. The molecule has 0 bridgehead atoms. The Hall–Kier alpha value is -1.14. The number of amides is 1. The Labute approximate surface area is 125 Å². The van der Waals surface area contributed by atoms with Crippen molar-refractivity contribution >= 4 is 22.4 Å². The zero-order valence-corrected chi connectivity index (χ0v) is 13.4. The fourth-order valence-electron chi connectivity index (χ4n) is 2.55. The first-order valence-corrected chi connectivity index (χ1v) is 8.14. The summed E-state index contributed by atoms with van der Waals surface area (Å²) < 4.78 is 0. The van der Waals surface area contributed by atoms with Gasteiger partial charge in [-0.2, -0.15) is 0 Å². The lowest BCUT2D eigenvalue weighted by Gasteiger charge is -2.38. The predicted molar refractivity (Wildman–Crippen MR) is 83.0 cm³/mol. The van der Waals surface area contributed by atoms with Gasteiger partial charge >= 0.3 is 0 Å². The fourth-order valence-corrected chi connectivity index (χ4v) is 3.21. The summed E-state index contributed by atoms with van der Waals surface area (Å²) in [7, 11) is 3.78. The second-order valence-corrected chi connectivity index (χ2v) is 6.14. The van der Waals surface area contributed by atoms with Crippen LogP contribution >= 0.6 is 11.3 Å². The first-order chi connectivity index (χ1) is 9.65. The van der Waals surface area contributed by atoms with Crippen LogP contribution in [-0.4, -0.2) is 53.9 Å². The molecule has 1 aromatic rings. The summed E-state index contributed by atoms with van der Waals surface area (Å²) in [6.45, 7) is 4.68. The van der Waals surface area contributed by atoms with Crippen molar-refractivity contribution in [2.24, 2.45) is 0 Å². The molecule has 1 amide bonds. The van der Waals surface area contributed by atoms with Crippen LogP contribution in [0.4, 0.5) is 5.13 Å². The molecule has 1 fully saturated rings. The Kier molecular flexibility index (Phi) is 5.37.